The summed E-state index contributed by atoms with van der Waals surface area (Å²) in [5.74, 6) is 2.92. The number of carbonyl (C=O) groups is 1. The molecule has 0 radical (unpaired) electrons. The van der Waals surface area contributed by atoms with Crippen molar-refractivity contribution < 1.29 is 4.79 Å². The largest absolute Gasteiger partial charge is 0.368 e. The molecule has 186 valence electrons. The number of rotatable bonds is 8. The van der Waals surface area contributed by atoms with Crippen molar-refractivity contribution in [3.05, 3.63) is 30.1 Å². The normalized spacial score (nSPS) is 23.5. The van der Waals surface area contributed by atoms with Gasteiger partial charge in [0, 0.05) is 37.6 Å². The van der Waals surface area contributed by atoms with Crippen LogP contribution in [0.15, 0.2) is 24.3 Å². The maximum Gasteiger partial charge on any atom is 0.240 e. The van der Waals surface area contributed by atoms with Gasteiger partial charge in [-0.2, -0.15) is 0 Å². The van der Waals surface area contributed by atoms with Gasteiger partial charge in [-0.3, -0.25) is 14.6 Å². The summed E-state index contributed by atoms with van der Waals surface area (Å²) in [5, 5.41) is 4.22. The van der Waals surface area contributed by atoms with Crippen molar-refractivity contribution in [1.29, 1.82) is 0 Å². The third-order valence-corrected chi connectivity index (χ3v) is 7.89. The monoisotopic (exact) mass is 466 g/mol. The van der Waals surface area contributed by atoms with E-state index in [0.29, 0.717) is 5.82 Å². The van der Waals surface area contributed by atoms with E-state index in [-0.39, 0.29) is 11.8 Å². The Morgan fingerprint density at radius 3 is 2.32 bits per heavy atom. The van der Waals surface area contributed by atoms with Crippen LogP contribution in [0, 0.1) is 17.8 Å². The number of benzene rings is 1. The van der Waals surface area contributed by atoms with Gasteiger partial charge < -0.3 is 11.1 Å². The molecule has 7 heteroatoms. The van der Waals surface area contributed by atoms with E-state index >= 15 is 0 Å². The van der Waals surface area contributed by atoms with E-state index in [9.17, 15) is 4.79 Å². The average Bonchev–Trinajstić information content (AvgIpc) is 2.82. The van der Waals surface area contributed by atoms with Crippen LogP contribution in [0.5, 0.6) is 0 Å². The molecule has 2 heterocycles. The molecule has 1 aliphatic carbocycles. The SMILES string of the molecule is CC(C)C1CCC(N2CCN(Cc3nc(NC(C(N)=O)C(C)C)c4ccccc4n3)CC2)CC1. The van der Waals surface area contributed by atoms with Gasteiger partial charge in [0.2, 0.25) is 5.91 Å². The summed E-state index contributed by atoms with van der Waals surface area (Å²) >= 11 is 0. The Bertz CT molecular complexity index is 961. The molecule has 2 aromatic rings. The van der Waals surface area contributed by atoms with Gasteiger partial charge in [0.05, 0.1) is 12.1 Å². The summed E-state index contributed by atoms with van der Waals surface area (Å²) in [4.78, 5) is 26.9. The van der Waals surface area contributed by atoms with Crippen LogP contribution in [0.1, 0.15) is 59.2 Å². The molecule has 1 atom stereocenters. The summed E-state index contributed by atoms with van der Waals surface area (Å²) in [6.45, 7) is 13.8. The first-order chi connectivity index (χ1) is 16.3. The number of fused-ring (bicyclic) bond motifs is 1. The summed E-state index contributed by atoms with van der Waals surface area (Å²) in [7, 11) is 0. The number of piperazine rings is 1. The van der Waals surface area contributed by atoms with Crippen LogP contribution in [0.25, 0.3) is 10.9 Å². The molecule has 1 amide bonds. The minimum atomic E-state index is -0.472. The van der Waals surface area contributed by atoms with Crippen LogP contribution < -0.4 is 11.1 Å². The Labute approximate surface area is 204 Å². The lowest BCUT2D eigenvalue weighted by Crippen LogP contribution is -2.51. The highest BCUT2D eigenvalue weighted by atomic mass is 16.1. The van der Waals surface area contributed by atoms with Gasteiger partial charge in [-0.1, -0.05) is 39.8 Å². The maximum atomic E-state index is 12.0. The number of nitrogens with two attached hydrogens (primary N) is 1. The highest BCUT2D eigenvalue weighted by Crippen LogP contribution is 2.32. The minimum absolute atomic E-state index is 0.0679. The third kappa shape index (κ3) is 5.87. The van der Waals surface area contributed by atoms with E-state index in [1.165, 1.54) is 25.7 Å². The summed E-state index contributed by atoms with van der Waals surface area (Å²) in [6, 6.07) is 8.24. The Balaban J connectivity index is 1.40. The maximum absolute atomic E-state index is 12.0. The molecule has 3 N–H and O–H groups in total. The number of carbonyl (C=O) groups excluding carboxylic acids is 1. The Morgan fingerprint density at radius 1 is 1.03 bits per heavy atom. The second-order valence-electron chi connectivity index (χ2n) is 10.9. The zero-order valence-electron chi connectivity index (χ0n) is 21.3. The number of aromatic nitrogens is 2. The van der Waals surface area contributed by atoms with Gasteiger partial charge >= 0.3 is 0 Å². The van der Waals surface area contributed by atoms with Gasteiger partial charge in [0.1, 0.15) is 17.7 Å². The summed E-state index contributed by atoms with van der Waals surface area (Å²) in [6.07, 6.45) is 5.46. The molecule has 7 nitrogen and oxygen atoms in total. The predicted octanol–water partition coefficient (Wildman–Crippen LogP) is 3.88. The zero-order chi connectivity index (χ0) is 24.2. The molecular formula is C27H42N6O. The number of primary amides is 1. The van der Waals surface area contributed by atoms with E-state index in [1.54, 1.807) is 0 Å². The lowest BCUT2D eigenvalue weighted by molar-refractivity contribution is -0.119. The lowest BCUT2D eigenvalue weighted by atomic mass is 9.79. The van der Waals surface area contributed by atoms with Crippen LogP contribution in [-0.4, -0.2) is 63.9 Å². The van der Waals surface area contributed by atoms with Crippen molar-refractivity contribution in [2.24, 2.45) is 23.5 Å². The molecule has 2 aliphatic rings. The first-order valence-electron chi connectivity index (χ1n) is 13.1. The van der Waals surface area contributed by atoms with Gasteiger partial charge in [-0.25, -0.2) is 9.97 Å². The third-order valence-electron chi connectivity index (χ3n) is 7.89. The molecule has 1 aromatic carbocycles. The molecule has 34 heavy (non-hydrogen) atoms. The molecule has 1 unspecified atom stereocenters. The Hall–Kier alpha value is -2.25. The molecule has 0 bridgehead atoms. The summed E-state index contributed by atoms with van der Waals surface area (Å²) < 4.78 is 0. The van der Waals surface area contributed by atoms with E-state index in [0.717, 1.165) is 67.3 Å². The van der Waals surface area contributed by atoms with Gasteiger partial charge in [-0.15, -0.1) is 0 Å². The molecule has 1 saturated carbocycles. The molecular weight excluding hydrogens is 424 g/mol. The van der Waals surface area contributed by atoms with Gasteiger partial charge in [0.25, 0.3) is 0 Å². The molecule has 1 aliphatic heterocycles. The predicted molar refractivity (Wildman–Crippen MR) is 138 cm³/mol. The lowest BCUT2D eigenvalue weighted by Gasteiger charge is -2.42. The molecule has 4 rings (SSSR count). The summed E-state index contributed by atoms with van der Waals surface area (Å²) in [5.41, 5.74) is 6.55. The number of nitrogens with zero attached hydrogens (tertiary/aromatic N) is 4. The fourth-order valence-corrected chi connectivity index (χ4v) is 5.64. The van der Waals surface area contributed by atoms with Crippen LogP contribution in [0.3, 0.4) is 0 Å². The van der Waals surface area contributed by atoms with E-state index in [4.69, 9.17) is 15.7 Å². The van der Waals surface area contributed by atoms with Gasteiger partial charge in [0.15, 0.2) is 0 Å². The molecule has 2 fully saturated rings. The van der Waals surface area contributed by atoms with Crippen LogP contribution in [0.4, 0.5) is 5.82 Å². The van der Waals surface area contributed by atoms with Crippen molar-refractivity contribution in [3.8, 4) is 0 Å². The molecule has 0 spiro atoms. The van der Waals surface area contributed by atoms with E-state index in [1.807, 2.05) is 38.1 Å². The number of hydrogen-bond donors (Lipinski definition) is 2. The van der Waals surface area contributed by atoms with Crippen molar-refractivity contribution in [1.82, 2.24) is 19.8 Å². The number of nitrogens with one attached hydrogen (secondary N) is 1. The average molecular weight is 467 g/mol. The van der Waals surface area contributed by atoms with Crippen LogP contribution >= 0.6 is 0 Å². The van der Waals surface area contributed by atoms with Crippen molar-refractivity contribution in [3.63, 3.8) is 0 Å². The minimum Gasteiger partial charge on any atom is -0.368 e. The number of anilines is 1. The van der Waals surface area contributed by atoms with Gasteiger partial charge in [-0.05, 0) is 55.6 Å². The topological polar surface area (TPSA) is 87.4 Å². The highest BCUT2D eigenvalue weighted by Gasteiger charge is 2.29. The highest BCUT2D eigenvalue weighted by molar-refractivity contribution is 5.91. The van der Waals surface area contributed by atoms with Crippen molar-refractivity contribution in [2.45, 2.75) is 72.0 Å². The van der Waals surface area contributed by atoms with E-state index < -0.39 is 6.04 Å². The fourth-order valence-electron chi connectivity index (χ4n) is 5.64. The molecule has 1 saturated heterocycles. The Kier molecular flexibility index (Phi) is 8.04. The number of hydrogen-bond acceptors (Lipinski definition) is 6. The second kappa shape index (κ2) is 11.0. The van der Waals surface area contributed by atoms with E-state index in [2.05, 4.69) is 29.0 Å². The first-order valence-corrected chi connectivity index (χ1v) is 13.1. The van der Waals surface area contributed by atoms with Crippen molar-refractivity contribution >= 4 is 22.6 Å². The Morgan fingerprint density at radius 2 is 1.71 bits per heavy atom. The smallest absolute Gasteiger partial charge is 0.240 e. The molecule has 1 aromatic heterocycles. The standard InChI is InChI=1S/C27H42N6O/c1-18(2)20-9-11-21(12-10-20)33-15-13-32(14-16-33)17-24-29-23-8-6-5-7-22(23)27(30-24)31-25(19(3)4)26(28)34/h5-8,18-21,25H,9-17H2,1-4H3,(H2,28,34)(H,29,30,31). The first kappa shape index (κ1) is 24.9. The van der Waals surface area contributed by atoms with Crippen LogP contribution in [-0.2, 0) is 11.3 Å². The quantitative estimate of drug-likeness (QED) is 0.614. The number of para-hydroxylation sites is 1. The second-order valence-corrected chi connectivity index (χ2v) is 10.9. The van der Waals surface area contributed by atoms with Crippen molar-refractivity contribution in [2.75, 3.05) is 31.5 Å². The zero-order valence-corrected chi connectivity index (χ0v) is 21.3. The van der Waals surface area contributed by atoms with Crippen LogP contribution in [0.2, 0.25) is 0 Å². The fraction of sp³-hybridized carbons (Fsp3) is 0.667. The number of amides is 1.